The molecule has 0 amide bonds. The van der Waals surface area contributed by atoms with Crippen LogP contribution in [-0.2, 0) is 6.42 Å². The summed E-state index contributed by atoms with van der Waals surface area (Å²) >= 11 is 0. The van der Waals surface area contributed by atoms with Crippen molar-refractivity contribution in [1.29, 1.82) is 0 Å². The fourth-order valence-electron chi connectivity index (χ4n) is 2.87. The van der Waals surface area contributed by atoms with E-state index in [0.29, 0.717) is 0 Å². The van der Waals surface area contributed by atoms with Gasteiger partial charge in [-0.15, -0.1) is 0 Å². The van der Waals surface area contributed by atoms with Crippen LogP contribution in [0.4, 0.5) is 0 Å². The van der Waals surface area contributed by atoms with Gasteiger partial charge >= 0.3 is 0 Å². The maximum atomic E-state index is 3.88. The molecule has 0 bridgehead atoms. The molecule has 0 atom stereocenters. The highest BCUT2D eigenvalue weighted by atomic mass is 15.3. The van der Waals surface area contributed by atoms with Crippen molar-refractivity contribution in [3.05, 3.63) is 83.9 Å². The third-order valence-electron chi connectivity index (χ3n) is 3.93. The summed E-state index contributed by atoms with van der Waals surface area (Å²) in [6.45, 7) is 0. The Morgan fingerprint density at radius 2 is 1.05 bits per heavy atom. The van der Waals surface area contributed by atoms with Crippen LogP contribution >= 0.6 is 0 Å². The molecule has 3 heteroatoms. The first-order valence-electron chi connectivity index (χ1n) is 7.33. The lowest BCUT2D eigenvalue weighted by molar-refractivity contribution is 0.959. The quantitative estimate of drug-likeness (QED) is 0.463. The number of benzene rings is 3. The Balaban J connectivity index is 0.000000122. The molecule has 0 fully saturated rings. The molecule has 1 heterocycles. The summed E-state index contributed by atoms with van der Waals surface area (Å²) in [4.78, 5) is 0. The minimum absolute atomic E-state index is 0.914. The Morgan fingerprint density at radius 1 is 0.591 bits per heavy atom. The number of aromatic nitrogens is 3. The Kier molecular flexibility index (Phi) is 3.16. The van der Waals surface area contributed by atoms with E-state index in [1.165, 1.54) is 22.3 Å². The van der Waals surface area contributed by atoms with E-state index in [2.05, 4.69) is 63.9 Å². The van der Waals surface area contributed by atoms with E-state index in [0.717, 1.165) is 17.5 Å². The van der Waals surface area contributed by atoms with Gasteiger partial charge in [0.25, 0.3) is 0 Å². The first-order valence-corrected chi connectivity index (χ1v) is 7.33. The van der Waals surface area contributed by atoms with E-state index in [4.69, 9.17) is 0 Å². The van der Waals surface area contributed by atoms with Crippen LogP contribution < -0.4 is 0 Å². The molecule has 0 aliphatic heterocycles. The summed E-state index contributed by atoms with van der Waals surface area (Å²) in [5, 5.41) is 10.3. The van der Waals surface area contributed by atoms with Gasteiger partial charge in [-0.1, -0.05) is 60.7 Å². The number of para-hydroxylation sites is 2. The number of nitrogens with one attached hydrogen (secondary N) is 1. The fourth-order valence-corrected chi connectivity index (χ4v) is 2.87. The van der Waals surface area contributed by atoms with Crippen molar-refractivity contribution in [1.82, 2.24) is 15.4 Å². The van der Waals surface area contributed by atoms with Crippen molar-refractivity contribution in [2.75, 3.05) is 0 Å². The Labute approximate surface area is 128 Å². The van der Waals surface area contributed by atoms with Gasteiger partial charge in [-0.3, -0.25) is 0 Å². The predicted octanol–water partition coefficient (Wildman–Crippen LogP) is 4.22. The molecule has 3 nitrogen and oxygen atoms in total. The molecule has 1 aromatic heterocycles. The maximum Gasteiger partial charge on any atom is 0.112 e. The number of nitrogens with zero attached hydrogens (tertiary/aromatic N) is 2. The van der Waals surface area contributed by atoms with Crippen LogP contribution in [0.25, 0.3) is 22.2 Å². The van der Waals surface area contributed by atoms with Gasteiger partial charge in [-0.25, -0.2) is 0 Å². The number of fused-ring (bicyclic) bond motifs is 4. The van der Waals surface area contributed by atoms with Gasteiger partial charge in [0.05, 0.1) is 0 Å². The highest BCUT2D eigenvalue weighted by Crippen LogP contribution is 2.35. The van der Waals surface area contributed by atoms with Crippen molar-refractivity contribution < 1.29 is 0 Å². The monoisotopic (exact) mass is 285 g/mol. The Morgan fingerprint density at radius 3 is 1.59 bits per heavy atom. The van der Waals surface area contributed by atoms with Gasteiger partial charge in [0.1, 0.15) is 11.0 Å². The summed E-state index contributed by atoms with van der Waals surface area (Å²) in [6.07, 6.45) is 1.10. The van der Waals surface area contributed by atoms with E-state index in [9.17, 15) is 0 Å². The lowest BCUT2D eigenvalue weighted by atomic mass is 10.1. The zero-order chi connectivity index (χ0) is 14.8. The summed E-state index contributed by atoms with van der Waals surface area (Å²) in [5.41, 5.74) is 7.58. The summed E-state index contributed by atoms with van der Waals surface area (Å²) in [7, 11) is 0. The second-order valence-electron chi connectivity index (χ2n) is 5.30. The lowest BCUT2D eigenvalue weighted by Crippen LogP contribution is -1.77. The molecule has 0 spiro atoms. The molecule has 0 radical (unpaired) electrons. The number of H-pyrrole nitrogens is 1. The lowest BCUT2D eigenvalue weighted by Gasteiger charge is -1.98. The zero-order valence-corrected chi connectivity index (χ0v) is 12.0. The molecular weight excluding hydrogens is 270 g/mol. The third-order valence-corrected chi connectivity index (χ3v) is 3.93. The van der Waals surface area contributed by atoms with Crippen molar-refractivity contribution in [3.8, 4) is 11.1 Å². The van der Waals surface area contributed by atoms with Gasteiger partial charge in [0, 0.05) is 0 Å². The van der Waals surface area contributed by atoms with Crippen LogP contribution in [0, 0.1) is 0 Å². The van der Waals surface area contributed by atoms with E-state index < -0.39 is 0 Å². The molecule has 0 saturated heterocycles. The van der Waals surface area contributed by atoms with E-state index in [1.807, 2.05) is 24.3 Å². The number of aromatic amines is 1. The molecule has 1 aliphatic carbocycles. The molecular formula is C19H15N3. The van der Waals surface area contributed by atoms with E-state index in [1.54, 1.807) is 0 Å². The summed E-state index contributed by atoms with van der Waals surface area (Å²) in [5.74, 6) is 0. The fraction of sp³-hybridized carbons (Fsp3) is 0.0526. The Bertz CT molecular complexity index is 851. The Hall–Kier alpha value is -2.94. The molecule has 1 aliphatic rings. The molecule has 106 valence electrons. The van der Waals surface area contributed by atoms with Gasteiger partial charge in [0.15, 0.2) is 0 Å². The molecule has 4 aromatic rings. The summed E-state index contributed by atoms with van der Waals surface area (Å²) < 4.78 is 0. The van der Waals surface area contributed by atoms with Crippen LogP contribution in [0.5, 0.6) is 0 Å². The van der Waals surface area contributed by atoms with Gasteiger partial charge in [-0.05, 0) is 40.8 Å². The minimum Gasteiger partial charge on any atom is -0.197 e. The van der Waals surface area contributed by atoms with Crippen LogP contribution in [0.15, 0.2) is 72.8 Å². The molecule has 0 unspecified atom stereocenters. The molecule has 0 saturated carbocycles. The predicted molar refractivity (Wildman–Crippen MR) is 88.6 cm³/mol. The SMILES string of the molecule is c1ccc2c(c1)Cc1ccccc1-2.c1ccc2n[nH]nc2c1. The van der Waals surface area contributed by atoms with Gasteiger partial charge in [0.2, 0.25) is 0 Å². The van der Waals surface area contributed by atoms with Crippen molar-refractivity contribution >= 4 is 11.0 Å². The van der Waals surface area contributed by atoms with E-state index in [-0.39, 0.29) is 0 Å². The second kappa shape index (κ2) is 5.45. The first-order chi connectivity index (χ1) is 10.9. The van der Waals surface area contributed by atoms with Gasteiger partial charge in [-0.2, -0.15) is 15.4 Å². The van der Waals surface area contributed by atoms with Crippen LogP contribution in [0.3, 0.4) is 0 Å². The number of hydrogen-bond donors (Lipinski definition) is 1. The average molecular weight is 285 g/mol. The smallest absolute Gasteiger partial charge is 0.112 e. The highest BCUT2D eigenvalue weighted by Gasteiger charge is 2.15. The topological polar surface area (TPSA) is 41.6 Å². The van der Waals surface area contributed by atoms with Crippen molar-refractivity contribution in [2.24, 2.45) is 0 Å². The maximum absolute atomic E-state index is 3.88. The van der Waals surface area contributed by atoms with Crippen LogP contribution in [0.1, 0.15) is 11.1 Å². The molecule has 5 rings (SSSR count). The van der Waals surface area contributed by atoms with Crippen LogP contribution in [-0.4, -0.2) is 15.4 Å². The largest absolute Gasteiger partial charge is 0.197 e. The summed E-state index contributed by atoms with van der Waals surface area (Å²) in [6, 6.07) is 25.0. The minimum atomic E-state index is 0.914. The zero-order valence-electron chi connectivity index (χ0n) is 12.0. The second-order valence-corrected chi connectivity index (χ2v) is 5.30. The first kappa shape index (κ1) is 12.8. The van der Waals surface area contributed by atoms with Crippen molar-refractivity contribution in [3.63, 3.8) is 0 Å². The third kappa shape index (κ3) is 2.27. The molecule has 1 N–H and O–H groups in total. The van der Waals surface area contributed by atoms with Crippen LogP contribution in [0.2, 0.25) is 0 Å². The standard InChI is InChI=1S/C13H10.C6H5N3/c1-3-7-12-10(5-1)9-11-6-2-4-8-13(11)12;1-2-4-6-5(3-1)7-9-8-6/h1-8H,9H2;1-4H,(H,7,8,9). The van der Waals surface area contributed by atoms with E-state index >= 15 is 0 Å². The van der Waals surface area contributed by atoms with Gasteiger partial charge < -0.3 is 0 Å². The number of hydrogen-bond acceptors (Lipinski definition) is 2. The molecule has 3 aromatic carbocycles. The normalized spacial score (nSPS) is 11.5. The average Bonchev–Trinajstić information content (AvgIpc) is 3.19. The highest BCUT2D eigenvalue weighted by molar-refractivity contribution is 5.76. The van der Waals surface area contributed by atoms with Crippen molar-refractivity contribution in [2.45, 2.75) is 6.42 Å². The molecule has 22 heavy (non-hydrogen) atoms. The number of rotatable bonds is 0.